The highest BCUT2D eigenvalue weighted by Gasteiger charge is 2.24. The lowest BCUT2D eigenvalue weighted by molar-refractivity contribution is 0.124. The Morgan fingerprint density at radius 3 is 2.91 bits per heavy atom. The van der Waals surface area contributed by atoms with Crippen LogP contribution in [0.15, 0.2) is 24.4 Å². The summed E-state index contributed by atoms with van der Waals surface area (Å²) in [7, 11) is 1.67. The first-order valence-corrected chi connectivity index (χ1v) is 11.2. The first-order valence-electron chi connectivity index (χ1n) is 11.2. The number of methoxy groups -OCH3 is 1. The maximum atomic E-state index is 5.71. The second-order valence-electron chi connectivity index (χ2n) is 7.93. The molecule has 3 aromatic heterocycles. The molecule has 3 aromatic rings. The molecule has 0 saturated carbocycles. The quantitative estimate of drug-likeness (QED) is 0.460. The summed E-state index contributed by atoms with van der Waals surface area (Å²) >= 11 is 0. The minimum Gasteiger partial charge on any atom is -0.380 e. The summed E-state index contributed by atoms with van der Waals surface area (Å²) in [5.41, 5.74) is 2.40. The van der Waals surface area contributed by atoms with Gasteiger partial charge in [0, 0.05) is 45.6 Å². The van der Waals surface area contributed by atoms with E-state index in [4.69, 9.17) is 24.5 Å². The maximum absolute atomic E-state index is 5.71. The van der Waals surface area contributed by atoms with Crippen molar-refractivity contribution in [3.05, 3.63) is 30.1 Å². The monoisotopic (exact) mass is 440 g/mol. The van der Waals surface area contributed by atoms with E-state index < -0.39 is 0 Å². The molecule has 1 aliphatic rings. The second-order valence-corrected chi connectivity index (χ2v) is 7.93. The third-order valence-electron chi connectivity index (χ3n) is 5.29. The second kappa shape index (κ2) is 10.7. The normalized spacial score (nSPS) is 16.6. The largest absolute Gasteiger partial charge is 0.380 e. The number of rotatable bonds is 10. The van der Waals surface area contributed by atoms with Crippen LogP contribution in [0.2, 0.25) is 0 Å². The minimum absolute atomic E-state index is 0.368. The highest BCUT2D eigenvalue weighted by Crippen LogP contribution is 2.29. The van der Waals surface area contributed by atoms with Crippen LogP contribution in [-0.2, 0) is 22.6 Å². The summed E-state index contributed by atoms with van der Waals surface area (Å²) in [6.07, 6.45) is 2.74. The van der Waals surface area contributed by atoms with Crippen molar-refractivity contribution in [3.8, 4) is 0 Å². The summed E-state index contributed by atoms with van der Waals surface area (Å²) in [5.74, 6) is 2.08. The van der Waals surface area contributed by atoms with Gasteiger partial charge in [0.2, 0.25) is 5.95 Å². The van der Waals surface area contributed by atoms with Gasteiger partial charge in [-0.2, -0.15) is 10.1 Å². The molecule has 0 unspecified atom stereocenters. The molecular weight excluding hydrogens is 408 g/mol. The van der Waals surface area contributed by atoms with Crippen LogP contribution in [0.1, 0.15) is 26.0 Å². The van der Waals surface area contributed by atoms with Gasteiger partial charge in [-0.05, 0) is 25.5 Å². The lowest BCUT2D eigenvalue weighted by atomic mass is 10.2. The van der Waals surface area contributed by atoms with E-state index in [-0.39, 0.29) is 0 Å². The summed E-state index contributed by atoms with van der Waals surface area (Å²) in [6.45, 7) is 9.11. The van der Waals surface area contributed by atoms with Crippen LogP contribution in [0.25, 0.3) is 11.0 Å². The van der Waals surface area contributed by atoms with E-state index >= 15 is 0 Å². The van der Waals surface area contributed by atoms with E-state index in [0.29, 0.717) is 37.6 Å². The number of ether oxygens (including phenoxy) is 2. The predicted octanol–water partition coefficient (Wildman–Crippen LogP) is 2.34. The molecule has 172 valence electrons. The van der Waals surface area contributed by atoms with E-state index in [1.807, 2.05) is 22.9 Å². The third kappa shape index (κ3) is 5.14. The van der Waals surface area contributed by atoms with Crippen molar-refractivity contribution in [2.45, 2.75) is 39.5 Å². The molecule has 10 heteroatoms. The van der Waals surface area contributed by atoms with Crippen LogP contribution in [-0.4, -0.2) is 70.7 Å². The highest BCUT2D eigenvalue weighted by atomic mass is 16.5. The van der Waals surface area contributed by atoms with Crippen LogP contribution in [0.4, 0.5) is 17.6 Å². The Kier molecular flexibility index (Phi) is 7.46. The standard InChI is InChI=1S/C22H32N8O2/c1-4-12-32-13-11-30-20-19(17(28-30)15-31-3)26-22(29-10-9-23-16(2)14-29)27-21(20)25-18-7-5-6-8-24-18/h5-8,16,23H,4,9-15H2,1-3H3,(H,24,25,26,27)/t16-/m1/s1. The molecule has 1 fully saturated rings. The van der Waals surface area contributed by atoms with Gasteiger partial charge < -0.3 is 25.0 Å². The first-order chi connectivity index (χ1) is 15.7. The van der Waals surface area contributed by atoms with Crippen molar-refractivity contribution >= 4 is 28.6 Å². The van der Waals surface area contributed by atoms with Crippen molar-refractivity contribution in [2.75, 3.05) is 50.2 Å². The molecule has 32 heavy (non-hydrogen) atoms. The van der Waals surface area contributed by atoms with Crippen molar-refractivity contribution in [1.82, 2.24) is 30.0 Å². The zero-order valence-corrected chi connectivity index (χ0v) is 19.0. The molecule has 4 rings (SSSR count). The van der Waals surface area contributed by atoms with Gasteiger partial charge in [0.25, 0.3) is 0 Å². The van der Waals surface area contributed by atoms with E-state index in [9.17, 15) is 0 Å². The zero-order valence-electron chi connectivity index (χ0n) is 19.0. The Balaban J connectivity index is 1.78. The maximum Gasteiger partial charge on any atom is 0.228 e. The Hall–Kier alpha value is -2.82. The first kappa shape index (κ1) is 22.4. The number of piperazine rings is 1. The fourth-order valence-electron chi connectivity index (χ4n) is 3.83. The van der Waals surface area contributed by atoms with Gasteiger partial charge in [0.05, 0.1) is 19.8 Å². The molecule has 0 radical (unpaired) electrons. The minimum atomic E-state index is 0.368. The smallest absolute Gasteiger partial charge is 0.228 e. The topological polar surface area (TPSA) is 102 Å². The molecule has 0 bridgehead atoms. The Labute approximate surface area is 188 Å². The van der Waals surface area contributed by atoms with Crippen LogP contribution < -0.4 is 15.5 Å². The molecule has 0 amide bonds. The predicted molar refractivity (Wildman–Crippen MR) is 124 cm³/mol. The summed E-state index contributed by atoms with van der Waals surface area (Å²) < 4.78 is 13.1. The van der Waals surface area contributed by atoms with Crippen LogP contribution in [0, 0.1) is 0 Å². The zero-order chi connectivity index (χ0) is 22.3. The molecule has 1 aliphatic heterocycles. The van der Waals surface area contributed by atoms with Gasteiger partial charge >= 0.3 is 0 Å². The Morgan fingerprint density at radius 1 is 1.25 bits per heavy atom. The van der Waals surface area contributed by atoms with E-state index in [1.54, 1.807) is 13.3 Å². The number of aromatic nitrogens is 5. The van der Waals surface area contributed by atoms with E-state index in [1.165, 1.54) is 0 Å². The van der Waals surface area contributed by atoms with E-state index in [2.05, 4.69) is 34.4 Å². The lowest BCUT2D eigenvalue weighted by Crippen LogP contribution is -2.49. The fraction of sp³-hybridized carbons (Fsp3) is 0.545. The average molecular weight is 441 g/mol. The average Bonchev–Trinajstić information content (AvgIpc) is 3.15. The molecule has 0 aliphatic carbocycles. The molecule has 1 saturated heterocycles. The SMILES string of the molecule is CCCOCCn1nc(COC)c2nc(N3CCN[C@H](C)C3)nc(Nc3ccccn3)c21. The Bertz CT molecular complexity index is 1010. The number of nitrogens with zero attached hydrogens (tertiary/aromatic N) is 6. The third-order valence-corrected chi connectivity index (χ3v) is 5.29. The number of fused-ring (bicyclic) bond motifs is 1. The molecule has 4 heterocycles. The van der Waals surface area contributed by atoms with E-state index in [0.717, 1.165) is 55.2 Å². The molecule has 0 aromatic carbocycles. The molecule has 0 spiro atoms. The summed E-state index contributed by atoms with van der Waals surface area (Å²) in [5, 5.41) is 11.7. The number of anilines is 3. The van der Waals surface area contributed by atoms with Crippen LogP contribution >= 0.6 is 0 Å². The van der Waals surface area contributed by atoms with Crippen molar-refractivity contribution in [2.24, 2.45) is 0 Å². The highest BCUT2D eigenvalue weighted by molar-refractivity contribution is 5.90. The number of nitrogens with one attached hydrogen (secondary N) is 2. The number of hydrogen-bond donors (Lipinski definition) is 2. The summed E-state index contributed by atoms with van der Waals surface area (Å²) in [4.78, 5) is 16.5. The molecule has 10 nitrogen and oxygen atoms in total. The molecule has 2 N–H and O–H groups in total. The molecule has 1 atom stereocenters. The number of hydrogen-bond acceptors (Lipinski definition) is 9. The van der Waals surface area contributed by atoms with Crippen molar-refractivity contribution in [1.29, 1.82) is 0 Å². The Morgan fingerprint density at radius 2 is 2.16 bits per heavy atom. The van der Waals surface area contributed by atoms with Gasteiger partial charge in [-0.15, -0.1) is 0 Å². The fourth-order valence-corrected chi connectivity index (χ4v) is 3.83. The van der Waals surface area contributed by atoms with Gasteiger partial charge in [-0.1, -0.05) is 13.0 Å². The lowest BCUT2D eigenvalue weighted by Gasteiger charge is -2.32. The van der Waals surface area contributed by atoms with Gasteiger partial charge in [0.1, 0.15) is 22.5 Å². The van der Waals surface area contributed by atoms with Gasteiger partial charge in [-0.3, -0.25) is 4.68 Å². The van der Waals surface area contributed by atoms with Gasteiger partial charge in [0.15, 0.2) is 5.82 Å². The molecular formula is C22H32N8O2. The summed E-state index contributed by atoms with van der Waals surface area (Å²) in [6, 6.07) is 6.12. The van der Waals surface area contributed by atoms with Gasteiger partial charge in [-0.25, -0.2) is 9.97 Å². The van der Waals surface area contributed by atoms with Crippen LogP contribution in [0.3, 0.4) is 0 Å². The van der Waals surface area contributed by atoms with Crippen LogP contribution in [0.5, 0.6) is 0 Å². The van der Waals surface area contributed by atoms with Crippen molar-refractivity contribution < 1.29 is 9.47 Å². The van der Waals surface area contributed by atoms with Crippen molar-refractivity contribution in [3.63, 3.8) is 0 Å². The number of pyridine rings is 1.